The maximum Gasteiger partial charge on any atom is 0.228 e. The molecule has 0 bridgehead atoms. The van der Waals surface area contributed by atoms with E-state index in [1.165, 1.54) is 0 Å². The maximum absolute atomic E-state index is 11.9. The lowest BCUT2D eigenvalue weighted by atomic mass is 10.2. The van der Waals surface area contributed by atoms with Crippen LogP contribution in [0.25, 0.3) is 0 Å². The van der Waals surface area contributed by atoms with Gasteiger partial charge in [0, 0.05) is 24.1 Å². The number of hydrogen-bond acceptors (Lipinski definition) is 4. The van der Waals surface area contributed by atoms with E-state index in [1.54, 1.807) is 44.8 Å². The molecule has 2 rings (SSSR count). The second kappa shape index (κ2) is 6.56. The van der Waals surface area contributed by atoms with Gasteiger partial charge in [-0.25, -0.2) is 0 Å². The Hall–Kier alpha value is -2.56. The summed E-state index contributed by atoms with van der Waals surface area (Å²) in [4.78, 5) is 15.8. The minimum absolute atomic E-state index is 0.0941. The fraction of sp³-hybridized carbons (Fsp3) is 0.200. The second-order valence-corrected chi connectivity index (χ2v) is 4.15. The van der Waals surface area contributed by atoms with Gasteiger partial charge in [-0.3, -0.25) is 9.78 Å². The highest BCUT2D eigenvalue weighted by Gasteiger charge is 2.08. The van der Waals surface area contributed by atoms with Gasteiger partial charge in [-0.15, -0.1) is 0 Å². The molecule has 5 heteroatoms. The van der Waals surface area contributed by atoms with Gasteiger partial charge in [-0.05, 0) is 29.8 Å². The number of pyridine rings is 1. The molecule has 0 saturated heterocycles. The van der Waals surface area contributed by atoms with Crippen LogP contribution in [0, 0.1) is 0 Å². The first-order valence-electron chi connectivity index (χ1n) is 6.13. The number of amides is 1. The summed E-state index contributed by atoms with van der Waals surface area (Å²) in [6.07, 6.45) is 3.63. The molecular formula is C15H16N2O3. The van der Waals surface area contributed by atoms with Gasteiger partial charge >= 0.3 is 0 Å². The Morgan fingerprint density at radius 3 is 2.45 bits per heavy atom. The number of benzene rings is 1. The van der Waals surface area contributed by atoms with E-state index in [4.69, 9.17) is 9.47 Å². The standard InChI is InChI=1S/C15H16N2O3/c1-19-13-4-3-12(10-14(13)20-2)17-15(18)9-11-5-7-16-8-6-11/h3-8,10H,9H2,1-2H3,(H,17,18). The number of ether oxygens (including phenoxy) is 2. The Bertz CT molecular complexity index is 585. The third-order valence-electron chi connectivity index (χ3n) is 2.78. The molecule has 1 aromatic heterocycles. The van der Waals surface area contributed by atoms with Crippen LogP contribution in [0.15, 0.2) is 42.7 Å². The third-order valence-corrected chi connectivity index (χ3v) is 2.78. The van der Waals surface area contributed by atoms with Crippen molar-refractivity contribution in [3.8, 4) is 11.5 Å². The summed E-state index contributed by atoms with van der Waals surface area (Å²) in [6.45, 7) is 0. The number of anilines is 1. The van der Waals surface area contributed by atoms with Crippen LogP contribution in [0.3, 0.4) is 0 Å². The lowest BCUT2D eigenvalue weighted by Gasteiger charge is -2.10. The van der Waals surface area contributed by atoms with Crippen molar-refractivity contribution in [1.82, 2.24) is 4.98 Å². The number of carbonyl (C=O) groups is 1. The van der Waals surface area contributed by atoms with Crippen LogP contribution in [-0.4, -0.2) is 25.1 Å². The highest BCUT2D eigenvalue weighted by molar-refractivity contribution is 5.92. The Labute approximate surface area is 117 Å². The molecule has 104 valence electrons. The lowest BCUT2D eigenvalue weighted by molar-refractivity contribution is -0.115. The second-order valence-electron chi connectivity index (χ2n) is 4.15. The highest BCUT2D eigenvalue weighted by Crippen LogP contribution is 2.29. The number of aromatic nitrogens is 1. The summed E-state index contributed by atoms with van der Waals surface area (Å²) in [5.41, 5.74) is 1.58. The van der Waals surface area contributed by atoms with E-state index < -0.39 is 0 Å². The fourth-order valence-corrected chi connectivity index (χ4v) is 1.81. The molecule has 1 N–H and O–H groups in total. The van der Waals surface area contributed by atoms with Gasteiger partial charge in [-0.1, -0.05) is 0 Å². The maximum atomic E-state index is 11.9. The first kappa shape index (κ1) is 13.9. The van der Waals surface area contributed by atoms with Crippen LogP contribution in [-0.2, 0) is 11.2 Å². The molecule has 5 nitrogen and oxygen atoms in total. The summed E-state index contributed by atoms with van der Waals surface area (Å²) in [5, 5.41) is 2.82. The zero-order chi connectivity index (χ0) is 14.4. The first-order chi connectivity index (χ1) is 9.72. The van der Waals surface area contributed by atoms with Crippen LogP contribution in [0.5, 0.6) is 11.5 Å². The number of rotatable bonds is 5. The van der Waals surface area contributed by atoms with Crippen LogP contribution >= 0.6 is 0 Å². The average Bonchev–Trinajstić information content (AvgIpc) is 2.48. The van der Waals surface area contributed by atoms with E-state index in [0.29, 0.717) is 23.6 Å². The normalized spacial score (nSPS) is 9.90. The van der Waals surface area contributed by atoms with Crippen molar-refractivity contribution in [3.63, 3.8) is 0 Å². The van der Waals surface area contributed by atoms with Crippen molar-refractivity contribution < 1.29 is 14.3 Å². The van der Waals surface area contributed by atoms with Gasteiger partial charge in [0.1, 0.15) is 0 Å². The zero-order valence-electron chi connectivity index (χ0n) is 11.4. The average molecular weight is 272 g/mol. The van der Waals surface area contributed by atoms with E-state index in [0.717, 1.165) is 5.56 Å². The Balaban J connectivity index is 2.04. The molecule has 0 spiro atoms. The molecule has 2 aromatic rings. The molecule has 1 aromatic carbocycles. The van der Waals surface area contributed by atoms with Crippen LogP contribution in [0.1, 0.15) is 5.56 Å². The molecule has 20 heavy (non-hydrogen) atoms. The predicted molar refractivity (Wildman–Crippen MR) is 76.1 cm³/mol. The molecule has 0 aliphatic heterocycles. The van der Waals surface area contributed by atoms with Gasteiger partial charge < -0.3 is 14.8 Å². The Morgan fingerprint density at radius 2 is 1.80 bits per heavy atom. The number of methoxy groups -OCH3 is 2. The minimum Gasteiger partial charge on any atom is -0.493 e. The first-order valence-corrected chi connectivity index (χ1v) is 6.13. The molecule has 0 unspecified atom stereocenters. The summed E-state index contributed by atoms with van der Waals surface area (Å²) >= 11 is 0. The minimum atomic E-state index is -0.0941. The molecule has 0 saturated carbocycles. The van der Waals surface area contributed by atoms with Gasteiger partial charge in [0.25, 0.3) is 0 Å². The smallest absolute Gasteiger partial charge is 0.228 e. The lowest BCUT2D eigenvalue weighted by Crippen LogP contribution is -2.14. The van der Waals surface area contributed by atoms with Gasteiger partial charge in [0.2, 0.25) is 5.91 Å². The molecule has 1 amide bonds. The molecule has 0 atom stereocenters. The molecule has 1 heterocycles. The largest absolute Gasteiger partial charge is 0.493 e. The Morgan fingerprint density at radius 1 is 1.10 bits per heavy atom. The summed E-state index contributed by atoms with van der Waals surface area (Å²) in [6, 6.07) is 8.87. The van der Waals surface area contributed by atoms with Crippen molar-refractivity contribution in [3.05, 3.63) is 48.3 Å². The van der Waals surface area contributed by atoms with E-state index in [9.17, 15) is 4.79 Å². The van der Waals surface area contributed by atoms with Crippen molar-refractivity contribution in [2.45, 2.75) is 6.42 Å². The number of hydrogen-bond donors (Lipinski definition) is 1. The third kappa shape index (κ3) is 3.47. The topological polar surface area (TPSA) is 60.5 Å². The van der Waals surface area contributed by atoms with E-state index in [1.807, 2.05) is 12.1 Å². The van der Waals surface area contributed by atoms with Gasteiger partial charge in [0.05, 0.1) is 20.6 Å². The predicted octanol–water partition coefficient (Wildman–Crippen LogP) is 2.28. The number of nitrogens with one attached hydrogen (secondary N) is 1. The van der Waals surface area contributed by atoms with E-state index in [2.05, 4.69) is 10.3 Å². The molecule has 0 aliphatic rings. The summed E-state index contributed by atoms with van der Waals surface area (Å²) < 4.78 is 10.3. The van der Waals surface area contributed by atoms with Gasteiger partial charge in [0.15, 0.2) is 11.5 Å². The van der Waals surface area contributed by atoms with Gasteiger partial charge in [-0.2, -0.15) is 0 Å². The number of nitrogens with zero attached hydrogens (tertiary/aromatic N) is 1. The van der Waals surface area contributed by atoms with Crippen LogP contribution in [0.4, 0.5) is 5.69 Å². The molecule has 0 fully saturated rings. The zero-order valence-corrected chi connectivity index (χ0v) is 11.4. The Kier molecular flexibility index (Phi) is 4.55. The van der Waals surface area contributed by atoms with E-state index in [-0.39, 0.29) is 5.91 Å². The van der Waals surface area contributed by atoms with Crippen LogP contribution < -0.4 is 14.8 Å². The van der Waals surface area contributed by atoms with Crippen molar-refractivity contribution in [2.75, 3.05) is 19.5 Å². The van der Waals surface area contributed by atoms with Crippen molar-refractivity contribution in [2.24, 2.45) is 0 Å². The molecular weight excluding hydrogens is 256 g/mol. The SMILES string of the molecule is COc1ccc(NC(=O)Cc2ccncc2)cc1OC. The fourth-order valence-electron chi connectivity index (χ4n) is 1.81. The summed E-state index contributed by atoms with van der Waals surface area (Å²) in [5.74, 6) is 1.11. The van der Waals surface area contributed by atoms with Crippen molar-refractivity contribution >= 4 is 11.6 Å². The van der Waals surface area contributed by atoms with Crippen molar-refractivity contribution in [1.29, 1.82) is 0 Å². The highest BCUT2D eigenvalue weighted by atomic mass is 16.5. The van der Waals surface area contributed by atoms with E-state index >= 15 is 0 Å². The quantitative estimate of drug-likeness (QED) is 0.907. The summed E-state index contributed by atoms with van der Waals surface area (Å²) in [7, 11) is 3.12. The number of carbonyl (C=O) groups excluding carboxylic acids is 1. The molecule has 0 radical (unpaired) electrons. The monoisotopic (exact) mass is 272 g/mol. The molecule has 0 aliphatic carbocycles. The van der Waals surface area contributed by atoms with Crippen LogP contribution in [0.2, 0.25) is 0 Å².